The van der Waals surface area contributed by atoms with Crippen molar-refractivity contribution < 1.29 is 9.59 Å². The number of H-pyrrole nitrogens is 2. The van der Waals surface area contributed by atoms with Gasteiger partial charge in [0.1, 0.15) is 12.0 Å². The zero-order valence-electron chi connectivity index (χ0n) is 18.1. The van der Waals surface area contributed by atoms with E-state index in [0.29, 0.717) is 11.2 Å². The summed E-state index contributed by atoms with van der Waals surface area (Å²) >= 11 is 0. The highest BCUT2D eigenvalue weighted by molar-refractivity contribution is 6.02. The van der Waals surface area contributed by atoms with Crippen molar-refractivity contribution >= 4 is 39.7 Å². The first-order chi connectivity index (χ1) is 15.5. The number of allylic oxidation sites excluding steroid dienone is 3. The molecule has 8 heteroatoms. The van der Waals surface area contributed by atoms with Crippen LogP contribution >= 0.6 is 0 Å². The van der Waals surface area contributed by atoms with Crippen molar-refractivity contribution in [2.75, 3.05) is 14.1 Å². The second-order valence-electron chi connectivity index (χ2n) is 7.72. The molecule has 4 rings (SSSR count). The van der Waals surface area contributed by atoms with Crippen molar-refractivity contribution in [3.8, 4) is 0 Å². The summed E-state index contributed by atoms with van der Waals surface area (Å²) in [7, 11) is 3.80. The lowest BCUT2D eigenvalue weighted by Crippen LogP contribution is -2.27. The molecule has 2 aromatic carbocycles. The maximum Gasteiger partial charge on any atom is 0.287 e. The van der Waals surface area contributed by atoms with Crippen LogP contribution in [-0.4, -0.2) is 51.4 Å². The SMILES string of the molecule is CC(NC(=O)c1nc2cc3c(C(/C=C\C=O)=C/N(C)C)n[nH]c3cc2[nH]1)c1ccccc1. The molecule has 0 aliphatic rings. The molecule has 0 saturated heterocycles. The van der Waals surface area contributed by atoms with Crippen LogP contribution in [0.4, 0.5) is 0 Å². The lowest BCUT2D eigenvalue weighted by molar-refractivity contribution is -0.104. The molecule has 0 bridgehead atoms. The number of rotatable bonds is 7. The van der Waals surface area contributed by atoms with Crippen LogP contribution in [0.15, 0.2) is 60.8 Å². The molecular formula is C24H24N6O2. The number of fused-ring (bicyclic) bond motifs is 2. The van der Waals surface area contributed by atoms with Gasteiger partial charge in [0, 0.05) is 31.3 Å². The summed E-state index contributed by atoms with van der Waals surface area (Å²) in [4.78, 5) is 33.1. The average molecular weight is 428 g/mol. The number of amides is 1. The molecule has 2 heterocycles. The molecule has 3 N–H and O–H groups in total. The Hall–Kier alpha value is -4.20. The Morgan fingerprint density at radius 3 is 2.66 bits per heavy atom. The predicted molar refractivity (Wildman–Crippen MR) is 125 cm³/mol. The van der Waals surface area contributed by atoms with Crippen molar-refractivity contribution in [2.24, 2.45) is 0 Å². The zero-order chi connectivity index (χ0) is 22.7. The predicted octanol–water partition coefficient (Wildman–Crippen LogP) is 3.59. The van der Waals surface area contributed by atoms with Gasteiger partial charge in [0.2, 0.25) is 0 Å². The Morgan fingerprint density at radius 1 is 1.16 bits per heavy atom. The van der Waals surface area contributed by atoms with E-state index in [2.05, 4.69) is 25.5 Å². The highest BCUT2D eigenvalue weighted by Gasteiger charge is 2.17. The van der Waals surface area contributed by atoms with E-state index in [4.69, 9.17) is 0 Å². The van der Waals surface area contributed by atoms with E-state index in [-0.39, 0.29) is 17.8 Å². The highest BCUT2D eigenvalue weighted by Crippen LogP contribution is 2.27. The number of aromatic amines is 2. The minimum atomic E-state index is -0.276. The number of carbonyl (C=O) groups excluding carboxylic acids is 2. The summed E-state index contributed by atoms with van der Waals surface area (Å²) in [5.41, 5.74) is 4.67. The van der Waals surface area contributed by atoms with Gasteiger partial charge in [-0.1, -0.05) is 30.3 Å². The Kier molecular flexibility index (Phi) is 5.85. The zero-order valence-corrected chi connectivity index (χ0v) is 18.1. The first kappa shape index (κ1) is 21.0. The number of imidazole rings is 1. The Balaban J connectivity index is 1.67. The normalized spacial score (nSPS) is 13.0. The molecule has 0 spiro atoms. The molecule has 8 nitrogen and oxygen atoms in total. The first-order valence-electron chi connectivity index (χ1n) is 10.2. The van der Waals surface area contributed by atoms with Crippen LogP contribution in [0.5, 0.6) is 0 Å². The summed E-state index contributed by atoms with van der Waals surface area (Å²) < 4.78 is 0. The number of aldehydes is 1. The largest absolute Gasteiger partial charge is 0.383 e. The summed E-state index contributed by atoms with van der Waals surface area (Å²) in [6.07, 6.45) is 5.75. The fraction of sp³-hybridized carbons (Fsp3) is 0.167. The third-order valence-electron chi connectivity index (χ3n) is 5.05. The topological polar surface area (TPSA) is 107 Å². The Bertz CT molecular complexity index is 1330. The maximum atomic E-state index is 12.8. The van der Waals surface area contributed by atoms with Crippen molar-refractivity contribution in [3.05, 3.63) is 77.9 Å². The van der Waals surface area contributed by atoms with E-state index in [1.165, 1.54) is 6.08 Å². The Morgan fingerprint density at radius 2 is 1.94 bits per heavy atom. The fourth-order valence-electron chi connectivity index (χ4n) is 3.54. The van der Waals surface area contributed by atoms with Gasteiger partial charge in [-0.05, 0) is 36.8 Å². The lowest BCUT2D eigenvalue weighted by atomic mass is 10.1. The Labute approximate surface area is 185 Å². The number of hydrogen-bond acceptors (Lipinski definition) is 5. The molecule has 0 aliphatic heterocycles. The number of nitrogens with zero attached hydrogens (tertiary/aromatic N) is 3. The van der Waals surface area contributed by atoms with Gasteiger partial charge in [-0.3, -0.25) is 14.7 Å². The minimum Gasteiger partial charge on any atom is -0.383 e. The molecule has 2 aromatic heterocycles. The van der Waals surface area contributed by atoms with Crippen LogP contribution in [0, 0.1) is 0 Å². The molecule has 4 aromatic rings. The fourth-order valence-corrected chi connectivity index (χ4v) is 3.54. The number of carbonyl (C=O) groups is 2. The van der Waals surface area contributed by atoms with Gasteiger partial charge in [-0.2, -0.15) is 5.10 Å². The van der Waals surface area contributed by atoms with Gasteiger partial charge < -0.3 is 15.2 Å². The standard InChI is InChI=1S/C24H24N6O2/c1-15(16-8-5-4-6-9-16)25-24(32)23-26-20-12-18-19(13-21(20)27-23)28-29-22(18)17(10-7-11-31)14-30(2)3/h4-15H,1-3H3,(H,25,32)(H,26,27)(H,28,29)/b10-7-,17-14+. The van der Waals surface area contributed by atoms with Crippen LogP contribution in [0.25, 0.3) is 27.5 Å². The minimum absolute atomic E-state index is 0.148. The van der Waals surface area contributed by atoms with Crippen LogP contribution in [-0.2, 0) is 4.79 Å². The summed E-state index contributed by atoms with van der Waals surface area (Å²) in [5.74, 6) is -0.0310. The third-order valence-corrected chi connectivity index (χ3v) is 5.05. The molecule has 1 atom stereocenters. The number of benzene rings is 2. The molecule has 0 saturated carbocycles. The molecule has 0 radical (unpaired) electrons. The van der Waals surface area contributed by atoms with Gasteiger partial charge >= 0.3 is 0 Å². The maximum absolute atomic E-state index is 12.8. The van der Waals surface area contributed by atoms with E-state index in [1.54, 1.807) is 6.08 Å². The molecule has 1 amide bonds. The highest BCUT2D eigenvalue weighted by atomic mass is 16.2. The van der Waals surface area contributed by atoms with Crippen LogP contribution in [0.1, 0.15) is 34.8 Å². The number of aromatic nitrogens is 4. The lowest BCUT2D eigenvalue weighted by Gasteiger charge is -2.12. The van der Waals surface area contributed by atoms with Gasteiger partial charge in [0.15, 0.2) is 5.82 Å². The van der Waals surface area contributed by atoms with Gasteiger partial charge in [-0.15, -0.1) is 0 Å². The smallest absolute Gasteiger partial charge is 0.287 e. The molecule has 162 valence electrons. The quantitative estimate of drug-likeness (QED) is 0.237. The third kappa shape index (κ3) is 4.29. The van der Waals surface area contributed by atoms with Crippen molar-refractivity contribution in [1.29, 1.82) is 0 Å². The van der Waals surface area contributed by atoms with Gasteiger partial charge in [0.25, 0.3) is 5.91 Å². The molecule has 0 fully saturated rings. The van der Waals surface area contributed by atoms with Crippen molar-refractivity contribution in [1.82, 2.24) is 30.4 Å². The van der Waals surface area contributed by atoms with E-state index in [0.717, 1.165) is 33.8 Å². The number of hydrogen-bond donors (Lipinski definition) is 3. The summed E-state index contributed by atoms with van der Waals surface area (Å²) in [5, 5.41) is 11.3. The van der Waals surface area contributed by atoms with Gasteiger partial charge in [-0.25, -0.2) is 4.98 Å². The second-order valence-corrected chi connectivity index (χ2v) is 7.72. The van der Waals surface area contributed by atoms with E-state index in [9.17, 15) is 9.59 Å². The molecule has 32 heavy (non-hydrogen) atoms. The van der Waals surface area contributed by atoms with Crippen LogP contribution in [0.3, 0.4) is 0 Å². The second kappa shape index (κ2) is 8.89. The summed E-state index contributed by atoms with van der Waals surface area (Å²) in [6.45, 7) is 1.93. The van der Waals surface area contributed by atoms with E-state index < -0.39 is 0 Å². The monoisotopic (exact) mass is 428 g/mol. The van der Waals surface area contributed by atoms with Crippen molar-refractivity contribution in [2.45, 2.75) is 13.0 Å². The van der Waals surface area contributed by atoms with Crippen LogP contribution < -0.4 is 5.32 Å². The van der Waals surface area contributed by atoms with Crippen molar-refractivity contribution in [3.63, 3.8) is 0 Å². The van der Waals surface area contributed by atoms with E-state index in [1.807, 2.05) is 74.6 Å². The first-order valence-corrected chi connectivity index (χ1v) is 10.2. The van der Waals surface area contributed by atoms with E-state index >= 15 is 0 Å². The van der Waals surface area contributed by atoms with Crippen LogP contribution in [0.2, 0.25) is 0 Å². The average Bonchev–Trinajstić information content (AvgIpc) is 3.38. The molecular weight excluding hydrogens is 404 g/mol. The molecule has 0 aliphatic carbocycles. The summed E-state index contributed by atoms with van der Waals surface area (Å²) in [6, 6.07) is 13.4. The molecule has 1 unspecified atom stereocenters. The number of nitrogens with one attached hydrogen (secondary N) is 3. The van der Waals surface area contributed by atoms with Gasteiger partial charge in [0.05, 0.1) is 22.6 Å².